The molecular formula is C15H16N2O2. The Kier molecular flexibility index (Phi) is 3.31. The zero-order chi connectivity index (χ0) is 13.1. The molecule has 1 N–H and O–H groups in total. The summed E-state index contributed by atoms with van der Waals surface area (Å²) in [6, 6.07) is 5.76. The number of carbonyl (C=O) groups excluding carboxylic acids is 1. The Bertz CT molecular complexity index is 576. The maximum Gasteiger partial charge on any atom is 0.163 e. The first-order valence-corrected chi connectivity index (χ1v) is 6.60. The molecule has 0 fully saturated rings. The van der Waals surface area contributed by atoms with Crippen LogP contribution in [0.3, 0.4) is 0 Å². The summed E-state index contributed by atoms with van der Waals surface area (Å²) in [6.07, 6.45) is 6.87. The van der Waals surface area contributed by atoms with E-state index in [4.69, 9.17) is 4.74 Å². The van der Waals surface area contributed by atoms with Crippen molar-refractivity contribution in [1.29, 1.82) is 0 Å². The van der Waals surface area contributed by atoms with Crippen LogP contribution in [0.1, 0.15) is 34.6 Å². The van der Waals surface area contributed by atoms with E-state index in [0.717, 1.165) is 42.0 Å². The molecule has 4 heteroatoms. The molecule has 3 rings (SSSR count). The van der Waals surface area contributed by atoms with Gasteiger partial charge in [-0.1, -0.05) is 0 Å². The van der Waals surface area contributed by atoms with Gasteiger partial charge in [0, 0.05) is 30.8 Å². The van der Waals surface area contributed by atoms with Crippen molar-refractivity contribution in [3.05, 3.63) is 47.5 Å². The van der Waals surface area contributed by atoms with Crippen LogP contribution in [0.2, 0.25) is 0 Å². The molecule has 1 aromatic heterocycles. The third kappa shape index (κ3) is 2.67. The van der Waals surface area contributed by atoms with Gasteiger partial charge in [0.2, 0.25) is 0 Å². The minimum absolute atomic E-state index is 0.249. The van der Waals surface area contributed by atoms with E-state index in [9.17, 15) is 4.79 Å². The molecule has 1 aliphatic rings. The lowest BCUT2D eigenvalue weighted by Gasteiger charge is -2.07. The number of H-pyrrole nitrogens is 1. The van der Waals surface area contributed by atoms with Crippen LogP contribution < -0.4 is 4.74 Å². The SMILES string of the molecule is O=C1CCc2cc(OCCCc3ncc[nH]3)ccc21. The van der Waals surface area contributed by atoms with E-state index in [1.165, 1.54) is 0 Å². The van der Waals surface area contributed by atoms with Gasteiger partial charge in [0.05, 0.1) is 6.61 Å². The third-order valence-electron chi connectivity index (χ3n) is 3.38. The van der Waals surface area contributed by atoms with Gasteiger partial charge in [-0.05, 0) is 36.6 Å². The second-order valence-corrected chi connectivity index (χ2v) is 4.73. The molecule has 0 radical (unpaired) electrons. The number of rotatable bonds is 5. The van der Waals surface area contributed by atoms with Crippen molar-refractivity contribution in [2.24, 2.45) is 0 Å². The van der Waals surface area contributed by atoms with Gasteiger partial charge in [0.15, 0.2) is 5.78 Å². The minimum Gasteiger partial charge on any atom is -0.494 e. The van der Waals surface area contributed by atoms with Crippen LogP contribution >= 0.6 is 0 Å². The summed E-state index contributed by atoms with van der Waals surface area (Å²) in [4.78, 5) is 18.8. The lowest BCUT2D eigenvalue weighted by molar-refractivity contribution is 0.0994. The third-order valence-corrected chi connectivity index (χ3v) is 3.38. The lowest BCUT2D eigenvalue weighted by Crippen LogP contribution is -2.01. The fourth-order valence-corrected chi connectivity index (χ4v) is 2.39. The molecule has 0 aliphatic heterocycles. The number of aromatic amines is 1. The van der Waals surface area contributed by atoms with Crippen molar-refractivity contribution in [3.8, 4) is 5.75 Å². The van der Waals surface area contributed by atoms with Gasteiger partial charge in [0.1, 0.15) is 11.6 Å². The molecule has 0 spiro atoms. The number of Topliss-reactive ketones (excluding diaryl/α,β-unsaturated/α-hetero) is 1. The summed E-state index contributed by atoms with van der Waals surface area (Å²) < 4.78 is 5.71. The van der Waals surface area contributed by atoms with Gasteiger partial charge >= 0.3 is 0 Å². The van der Waals surface area contributed by atoms with Crippen molar-refractivity contribution < 1.29 is 9.53 Å². The highest BCUT2D eigenvalue weighted by Gasteiger charge is 2.19. The number of hydrogen-bond acceptors (Lipinski definition) is 3. The maximum absolute atomic E-state index is 11.5. The summed E-state index contributed by atoms with van der Waals surface area (Å²) in [7, 11) is 0. The first-order valence-electron chi connectivity index (χ1n) is 6.60. The molecule has 1 aromatic carbocycles. The standard InChI is InChI=1S/C15H16N2O2/c18-14-6-3-11-10-12(4-5-13(11)14)19-9-1-2-15-16-7-8-17-15/h4-5,7-8,10H,1-3,6,9H2,(H,16,17). The number of carbonyl (C=O) groups is 1. The van der Waals surface area contributed by atoms with Gasteiger partial charge in [-0.2, -0.15) is 0 Å². The van der Waals surface area contributed by atoms with Crippen molar-refractivity contribution in [2.75, 3.05) is 6.61 Å². The summed E-state index contributed by atoms with van der Waals surface area (Å²) in [5.41, 5.74) is 1.98. The summed E-state index contributed by atoms with van der Waals surface area (Å²) in [5, 5.41) is 0. The fourth-order valence-electron chi connectivity index (χ4n) is 2.39. The maximum atomic E-state index is 11.5. The topological polar surface area (TPSA) is 55.0 Å². The number of nitrogens with zero attached hydrogens (tertiary/aromatic N) is 1. The van der Waals surface area contributed by atoms with E-state index in [1.54, 1.807) is 6.20 Å². The van der Waals surface area contributed by atoms with Crippen molar-refractivity contribution in [3.63, 3.8) is 0 Å². The van der Waals surface area contributed by atoms with Gasteiger partial charge in [0.25, 0.3) is 0 Å². The first-order chi connectivity index (χ1) is 9.33. The summed E-state index contributed by atoms with van der Waals surface area (Å²) in [5.74, 6) is 2.09. The number of hydrogen-bond donors (Lipinski definition) is 1. The molecule has 98 valence electrons. The molecule has 19 heavy (non-hydrogen) atoms. The normalized spacial score (nSPS) is 13.6. The number of benzene rings is 1. The van der Waals surface area contributed by atoms with E-state index in [2.05, 4.69) is 9.97 Å². The number of aromatic nitrogens is 2. The molecule has 0 saturated carbocycles. The molecule has 0 bridgehead atoms. The Labute approximate surface area is 111 Å². The molecular weight excluding hydrogens is 240 g/mol. The number of fused-ring (bicyclic) bond motifs is 1. The van der Waals surface area contributed by atoms with Gasteiger partial charge < -0.3 is 9.72 Å². The Balaban J connectivity index is 1.52. The summed E-state index contributed by atoms with van der Waals surface area (Å²) in [6.45, 7) is 0.660. The molecule has 2 aromatic rings. The average Bonchev–Trinajstić information content (AvgIpc) is 3.05. The molecule has 4 nitrogen and oxygen atoms in total. The highest BCUT2D eigenvalue weighted by molar-refractivity contribution is 6.00. The zero-order valence-electron chi connectivity index (χ0n) is 10.7. The molecule has 0 saturated heterocycles. The van der Waals surface area contributed by atoms with Crippen molar-refractivity contribution in [2.45, 2.75) is 25.7 Å². The van der Waals surface area contributed by atoms with Crippen LogP contribution in [-0.2, 0) is 12.8 Å². The lowest BCUT2D eigenvalue weighted by atomic mass is 10.1. The van der Waals surface area contributed by atoms with Gasteiger partial charge in [-0.15, -0.1) is 0 Å². The monoisotopic (exact) mass is 256 g/mol. The second kappa shape index (κ2) is 5.26. The highest BCUT2D eigenvalue weighted by atomic mass is 16.5. The predicted octanol–water partition coefficient (Wildman–Crippen LogP) is 2.55. The molecule has 0 unspecified atom stereocenters. The molecule has 1 aliphatic carbocycles. The van der Waals surface area contributed by atoms with Crippen LogP contribution in [0.4, 0.5) is 0 Å². The minimum atomic E-state index is 0.249. The number of nitrogens with one attached hydrogen (secondary N) is 1. The van der Waals surface area contributed by atoms with E-state index in [1.807, 2.05) is 24.4 Å². The number of imidazole rings is 1. The second-order valence-electron chi connectivity index (χ2n) is 4.73. The van der Waals surface area contributed by atoms with Crippen LogP contribution in [0.25, 0.3) is 0 Å². The largest absolute Gasteiger partial charge is 0.494 e. The molecule has 0 atom stereocenters. The van der Waals surface area contributed by atoms with E-state index in [-0.39, 0.29) is 5.78 Å². The Morgan fingerprint density at radius 2 is 2.26 bits per heavy atom. The average molecular weight is 256 g/mol. The van der Waals surface area contributed by atoms with E-state index < -0.39 is 0 Å². The number of ether oxygens (including phenoxy) is 1. The Morgan fingerprint density at radius 1 is 1.32 bits per heavy atom. The quantitative estimate of drug-likeness (QED) is 0.836. The van der Waals surface area contributed by atoms with Gasteiger partial charge in [-0.3, -0.25) is 4.79 Å². The highest BCUT2D eigenvalue weighted by Crippen LogP contribution is 2.26. The van der Waals surface area contributed by atoms with Gasteiger partial charge in [-0.25, -0.2) is 4.98 Å². The first kappa shape index (κ1) is 12.0. The Hall–Kier alpha value is -2.10. The smallest absolute Gasteiger partial charge is 0.163 e. The van der Waals surface area contributed by atoms with E-state index in [0.29, 0.717) is 13.0 Å². The van der Waals surface area contributed by atoms with Crippen LogP contribution in [0, 0.1) is 0 Å². The fraction of sp³-hybridized carbons (Fsp3) is 0.333. The van der Waals surface area contributed by atoms with Crippen molar-refractivity contribution >= 4 is 5.78 Å². The zero-order valence-corrected chi connectivity index (χ0v) is 10.7. The van der Waals surface area contributed by atoms with Crippen LogP contribution in [0.5, 0.6) is 5.75 Å². The van der Waals surface area contributed by atoms with E-state index >= 15 is 0 Å². The Morgan fingerprint density at radius 3 is 3.11 bits per heavy atom. The van der Waals surface area contributed by atoms with Crippen molar-refractivity contribution in [1.82, 2.24) is 9.97 Å². The molecule has 0 amide bonds. The predicted molar refractivity (Wildman–Crippen MR) is 71.5 cm³/mol. The number of ketones is 1. The van der Waals surface area contributed by atoms with Crippen LogP contribution in [0.15, 0.2) is 30.6 Å². The van der Waals surface area contributed by atoms with Crippen LogP contribution in [-0.4, -0.2) is 22.4 Å². The number of aryl methyl sites for hydroxylation is 2. The summed E-state index contributed by atoms with van der Waals surface area (Å²) >= 11 is 0. The molecule has 1 heterocycles.